The molecule has 0 radical (unpaired) electrons. The van der Waals surface area contributed by atoms with Crippen molar-refractivity contribution in [3.05, 3.63) is 63.1 Å². The summed E-state index contributed by atoms with van der Waals surface area (Å²) in [5.74, 6) is 1.40. The van der Waals surface area contributed by atoms with Gasteiger partial charge in [-0.2, -0.15) is 0 Å². The number of anilines is 1. The Bertz CT molecular complexity index is 1070. The second kappa shape index (κ2) is 6.06. The van der Waals surface area contributed by atoms with Crippen molar-refractivity contribution in [2.45, 2.75) is 44.2 Å². The molecule has 1 aromatic carbocycles. The SMILES string of the molecule is CNc1cc(=O)n(C23CC(C2)C3)cc1C(N)=NCc1cccc2c1CCC2=O. The van der Waals surface area contributed by atoms with E-state index in [1.54, 1.807) is 13.1 Å². The van der Waals surface area contributed by atoms with Crippen LogP contribution in [0.1, 0.15) is 52.7 Å². The lowest BCUT2D eigenvalue weighted by Gasteiger charge is -2.62. The highest BCUT2D eigenvalue weighted by Gasteiger charge is 2.58. The predicted octanol–water partition coefficient (Wildman–Crippen LogP) is 2.43. The van der Waals surface area contributed by atoms with Crippen LogP contribution in [0.3, 0.4) is 0 Å². The third kappa shape index (κ3) is 2.44. The third-order valence-corrected chi connectivity index (χ3v) is 6.71. The predicted molar refractivity (Wildman–Crippen MR) is 109 cm³/mol. The van der Waals surface area contributed by atoms with E-state index in [-0.39, 0.29) is 16.9 Å². The Morgan fingerprint density at radius 1 is 1.29 bits per heavy atom. The van der Waals surface area contributed by atoms with Gasteiger partial charge in [-0.3, -0.25) is 14.6 Å². The van der Waals surface area contributed by atoms with Crippen LogP contribution in [0.25, 0.3) is 0 Å². The highest BCUT2D eigenvalue weighted by Crippen LogP contribution is 2.61. The van der Waals surface area contributed by atoms with E-state index in [2.05, 4.69) is 10.3 Å². The quantitative estimate of drug-likeness (QED) is 0.620. The van der Waals surface area contributed by atoms with Gasteiger partial charge in [0.2, 0.25) is 0 Å². The van der Waals surface area contributed by atoms with E-state index in [4.69, 9.17) is 5.73 Å². The summed E-state index contributed by atoms with van der Waals surface area (Å²) in [5.41, 5.74) is 10.8. The van der Waals surface area contributed by atoms with Crippen LogP contribution in [0.4, 0.5) is 5.69 Å². The number of pyridine rings is 1. The molecule has 0 atom stereocenters. The molecular formula is C22H24N4O2. The van der Waals surface area contributed by atoms with Crippen LogP contribution in [-0.2, 0) is 18.5 Å². The summed E-state index contributed by atoms with van der Waals surface area (Å²) in [7, 11) is 1.78. The second-order valence-corrected chi connectivity index (χ2v) is 8.33. The van der Waals surface area contributed by atoms with E-state index in [0.29, 0.717) is 24.5 Å². The Kier molecular flexibility index (Phi) is 3.73. The van der Waals surface area contributed by atoms with Crippen LogP contribution in [0, 0.1) is 5.92 Å². The lowest BCUT2D eigenvalue weighted by atomic mass is 9.49. The first kappa shape index (κ1) is 17.2. The maximum Gasteiger partial charge on any atom is 0.253 e. The molecule has 144 valence electrons. The summed E-state index contributed by atoms with van der Waals surface area (Å²) < 4.78 is 1.87. The van der Waals surface area contributed by atoms with E-state index in [1.165, 1.54) is 0 Å². The van der Waals surface area contributed by atoms with Crippen molar-refractivity contribution in [1.82, 2.24) is 4.57 Å². The number of aromatic nitrogens is 1. The van der Waals surface area contributed by atoms with Crippen molar-refractivity contribution in [2.24, 2.45) is 16.6 Å². The highest BCUT2D eigenvalue weighted by molar-refractivity contribution is 6.02. The number of Topliss-reactive ketones (excluding diaryl/α,β-unsaturated/α-hetero) is 1. The van der Waals surface area contributed by atoms with E-state index < -0.39 is 0 Å². The van der Waals surface area contributed by atoms with Gasteiger partial charge < -0.3 is 15.6 Å². The van der Waals surface area contributed by atoms with Crippen molar-refractivity contribution in [3.8, 4) is 0 Å². The summed E-state index contributed by atoms with van der Waals surface area (Å²) in [6.45, 7) is 0.428. The summed E-state index contributed by atoms with van der Waals surface area (Å²) in [4.78, 5) is 29.2. The van der Waals surface area contributed by atoms with Crippen molar-refractivity contribution in [3.63, 3.8) is 0 Å². The topological polar surface area (TPSA) is 89.5 Å². The normalized spacial score (nSPS) is 25.1. The van der Waals surface area contributed by atoms with Gasteiger partial charge in [0.15, 0.2) is 5.78 Å². The number of carbonyl (C=O) groups is 1. The molecule has 0 aliphatic heterocycles. The molecule has 4 aliphatic rings. The van der Waals surface area contributed by atoms with Gasteiger partial charge in [0, 0.05) is 36.8 Å². The van der Waals surface area contributed by atoms with Crippen LogP contribution in [0.2, 0.25) is 0 Å². The fraction of sp³-hybridized carbons (Fsp3) is 0.409. The molecule has 1 aromatic heterocycles. The molecule has 3 N–H and O–H groups in total. The van der Waals surface area contributed by atoms with Gasteiger partial charge in [-0.05, 0) is 42.7 Å². The first-order chi connectivity index (χ1) is 13.5. The third-order valence-electron chi connectivity index (χ3n) is 6.71. The number of rotatable bonds is 5. The summed E-state index contributed by atoms with van der Waals surface area (Å²) in [5, 5.41) is 3.07. The monoisotopic (exact) mass is 376 g/mol. The molecule has 28 heavy (non-hydrogen) atoms. The molecule has 4 aliphatic carbocycles. The molecule has 6 nitrogen and oxygen atoms in total. The lowest BCUT2D eigenvalue weighted by molar-refractivity contribution is -0.0914. The van der Waals surface area contributed by atoms with Crippen molar-refractivity contribution < 1.29 is 4.79 Å². The van der Waals surface area contributed by atoms with Gasteiger partial charge in [0.1, 0.15) is 5.84 Å². The smallest absolute Gasteiger partial charge is 0.253 e. The van der Waals surface area contributed by atoms with Crippen LogP contribution in [0.15, 0.2) is 40.2 Å². The van der Waals surface area contributed by atoms with E-state index in [1.807, 2.05) is 29.0 Å². The maximum absolute atomic E-state index is 12.6. The number of amidine groups is 1. The molecule has 1 heterocycles. The Hall–Kier alpha value is -2.89. The number of nitrogens with zero attached hydrogens (tertiary/aromatic N) is 2. The number of fused-ring (bicyclic) bond motifs is 1. The molecule has 0 amide bonds. The Morgan fingerprint density at radius 2 is 2.07 bits per heavy atom. The number of hydrogen-bond donors (Lipinski definition) is 2. The molecule has 6 heteroatoms. The van der Waals surface area contributed by atoms with E-state index >= 15 is 0 Å². The first-order valence-electron chi connectivity index (χ1n) is 9.90. The minimum atomic E-state index is 0.00364. The maximum atomic E-state index is 12.6. The Balaban J connectivity index is 1.48. The lowest BCUT2D eigenvalue weighted by Crippen LogP contribution is -2.62. The largest absolute Gasteiger partial charge is 0.387 e. The Labute approximate surface area is 163 Å². The van der Waals surface area contributed by atoms with E-state index in [9.17, 15) is 9.59 Å². The molecule has 0 saturated heterocycles. The number of ketones is 1. The van der Waals surface area contributed by atoms with E-state index in [0.717, 1.165) is 53.9 Å². The van der Waals surface area contributed by atoms with Gasteiger partial charge in [-0.1, -0.05) is 18.2 Å². The highest BCUT2D eigenvalue weighted by atomic mass is 16.1. The number of carbonyl (C=O) groups excluding carboxylic acids is 1. The minimum Gasteiger partial charge on any atom is -0.387 e. The molecule has 2 bridgehead atoms. The molecule has 2 aromatic rings. The van der Waals surface area contributed by atoms with Gasteiger partial charge in [-0.25, -0.2) is 0 Å². The van der Waals surface area contributed by atoms with Gasteiger partial charge >= 0.3 is 0 Å². The molecule has 3 saturated carbocycles. The first-order valence-corrected chi connectivity index (χ1v) is 9.90. The number of nitrogens with one attached hydrogen (secondary N) is 1. The fourth-order valence-corrected chi connectivity index (χ4v) is 5.01. The van der Waals surface area contributed by atoms with Gasteiger partial charge in [0.25, 0.3) is 5.56 Å². The van der Waals surface area contributed by atoms with Crippen molar-refractivity contribution >= 4 is 17.3 Å². The average Bonchev–Trinajstić information content (AvgIpc) is 3.00. The summed E-state index contributed by atoms with van der Waals surface area (Å²) in [6.07, 6.45) is 6.49. The zero-order valence-electron chi connectivity index (χ0n) is 16.0. The number of benzene rings is 1. The Morgan fingerprint density at radius 3 is 2.75 bits per heavy atom. The van der Waals surface area contributed by atoms with Gasteiger partial charge in [0.05, 0.1) is 17.8 Å². The minimum absolute atomic E-state index is 0.00364. The molecule has 0 spiro atoms. The second-order valence-electron chi connectivity index (χ2n) is 8.33. The average molecular weight is 376 g/mol. The van der Waals surface area contributed by atoms with Crippen LogP contribution >= 0.6 is 0 Å². The van der Waals surface area contributed by atoms with Crippen LogP contribution < -0.4 is 16.6 Å². The number of hydrogen-bond acceptors (Lipinski definition) is 4. The van der Waals surface area contributed by atoms with Gasteiger partial charge in [-0.15, -0.1) is 0 Å². The number of nitrogens with two attached hydrogens (primary N) is 1. The molecule has 0 unspecified atom stereocenters. The summed E-state index contributed by atoms with van der Waals surface area (Å²) >= 11 is 0. The van der Waals surface area contributed by atoms with Crippen molar-refractivity contribution in [1.29, 1.82) is 0 Å². The zero-order valence-corrected chi connectivity index (χ0v) is 16.0. The van der Waals surface area contributed by atoms with Crippen molar-refractivity contribution in [2.75, 3.05) is 12.4 Å². The standard InChI is InChI=1S/C22H24N4O2/c1-24-18-7-20(28)26(22-8-13(9-22)10-22)12-17(18)21(23)25-11-14-3-2-4-16-15(14)5-6-19(16)27/h2-4,7,12-13,24H,5-6,8-11H2,1H3,(H2,23,25). The fourth-order valence-electron chi connectivity index (χ4n) is 5.01. The molecule has 3 fully saturated rings. The summed E-state index contributed by atoms with van der Waals surface area (Å²) in [6, 6.07) is 7.43. The molecule has 6 rings (SSSR count). The molecular weight excluding hydrogens is 352 g/mol. The van der Waals surface area contributed by atoms with Crippen LogP contribution in [-0.4, -0.2) is 23.2 Å². The number of aliphatic imine (C=N–C) groups is 1. The van der Waals surface area contributed by atoms with Crippen LogP contribution in [0.5, 0.6) is 0 Å². The zero-order chi connectivity index (χ0) is 19.5.